The van der Waals surface area contributed by atoms with Crippen LogP contribution in [0.25, 0.3) is 0 Å². The van der Waals surface area contributed by atoms with Gasteiger partial charge in [0.25, 0.3) is 0 Å². The number of nitrogens with two attached hydrogens (primary N) is 1. The molecule has 1 atom stereocenters. The largest absolute Gasteiger partial charge is 0.490 e. The lowest BCUT2D eigenvalue weighted by atomic mass is 10.0. The van der Waals surface area contributed by atoms with Crippen molar-refractivity contribution in [2.24, 2.45) is 11.7 Å². The van der Waals surface area contributed by atoms with E-state index >= 15 is 0 Å². The lowest BCUT2D eigenvalue weighted by Crippen LogP contribution is -2.19. The van der Waals surface area contributed by atoms with E-state index in [4.69, 9.17) is 15.2 Å². The molecule has 0 radical (unpaired) electrons. The summed E-state index contributed by atoms with van der Waals surface area (Å²) in [6.45, 7) is 9.79. The molecule has 0 spiro atoms. The minimum Gasteiger partial charge on any atom is -0.490 e. The number of ether oxygens (including phenoxy) is 2. The van der Waals surface area contributed by atoms with Gasteiger partial charge < -0.3 is 15.2 Å². The molecule has 0 saturated carbocycles. The van der Waals surface area contributed by atoms with Gasteiger partial charge in [-0.05, 0) is 37.8 Å². The van der Waals surface area contributed by atoms with Gasteiger partial charge in [0.2, 0.25) is 0 Å². The fraction of sp³-hybridized carbons (Fsp3) is 0.647. The van der Waals surface area contributed by atoms with Gasteiger partial charge in [-0.3, -0.25) is 0 Å². The van der Waals surface area contributed by atoms with E-state index in [2.05, 4.69) is 19.9 Å². The third kappa shape index (κ3) is 5.04. The minimum absolute atomic E-state index is 0.113. The fourth-order valence-electron chi connectivity index (χ4n) is 2.23. The molecule has 0 aliphatic carbocycles. The van der Waals surface area contributed by atoms with Crippen LogP contribution in [0.15, 0.2) is 18.2 Å². The van der Waals surface area contributed by atoms with Crippen LogP contribution in [0.2, 0.25) is 0 Å². The Morgan fingerprint density at radius 3 is 2.35 bits per heavy atom. The number of benzene rings is 1. The van der Waals surface area contributed by atoms with E-state index in [1.54, 1.807) is 0 Å². The van der Waals surface area contributed by atoms with E-state index in [1.807, 2.05) is 26.0 Å². The van der Waals surface area contributed by atoms with Crippen molar-refractivity contribution in [2.45, 2.75) is 53.0 Å². The molecule has 1 aromatic carbocycles. The molecule has 0 heterocycles. The quantitative estimate of drug-likeness (QED) is 0.748. The summed E-state index contributed by atoms with van der Waals surface area (Å²) in [6, 6.07) is 6.17. The van der Waals surface area contributed by atoms with Crippen molar-refractivity contribution >= 4 is 0 Å². The smallest absolute Gasteiger partial charge is 0.164 e. The Hall–Kier alpha value is -1.22. The van der Waals surface area contributed by atoms with E-state index in [1.165, 1.54) is 0 Å². The van der Waals surface area contributed by atoms with Gasteiger partial charge in [-0.15, -0.1) is 0 Å². The first-order valence-electron chi connectivity index (χ1n) is 7.75. The van der Waals surface area contributed by atoms with Crippen molar-refractivity contribution in [2.75, 3.05) is 13.2 Å². The predicted molar refractivity (Wildman–Crippen MR) is 84.5 cm³/mol. The van der Waals surface area contributed by atoms with E-state index in [9.17, 15) is 0 Å². The first-order valence-corrected chi connectivity index (χ1v) is 7.75. The van der Waals surface area contributed by atoms with Crippen molar-refractivity contribution in [3.05, 3.63) is 23.8 Å². The topological polar surface area (TPSA) is 44.5 Å². The summed E-state index contributed by atoms with van der Waals surface area (Å²) >= 11 is 0. The van der Waals surface area contributed by atoms with Crippen LogP contribution in [-0.2, 0) is 6.42 Å². The predicted octanol–water partition coefficient (Wildman–Crippen LogP) is 3.79. The van der Waals surface area contributed by atoms with Crippen molar-refractivity contribution < 1.29 is 9.47 Å². The zero-order valence-corrected chi connectivity index (χ0v) is 13.3. The maximum Gasteiger partial charge on any atom is 0.164 e. The molecule has 0 amide bonds. The van der Waals surface area contributed by atoms with Crippen molar-refractivity contribution in [3.8, 4) is 11.5 Å². The Balaban J connectivity index is 2.92. The van der Waals surface area contributed by atoms with Crippen molar-refractivity contribution in [1.29, 1.82) is 0 Å². The van der Waals surface area contributed by atoms with Crippen LogP contribution >= 0.6 is 0 Å². The molecule has 3 heteroatoms. The van der Waals surface area contributed by atoms with Crippen molar-refractivity contribution in [1.82, 2.24) is 0 Å². The Kier molecular flexibility index (Phi) is 7.45. The first-order chi connectivity index (χ1) is 9.62. The standard InChI is InChI=1S/C17H29NO2/c1-5-14(6-2)12-20-17-15(11-13(4)18)9-8-10-16(17)19-7-3/h8-10,13-14H,5-7,11-12,18H2,1-4H3. The SMILES string of the molecule is CCOc1cccc(CC(C)N)c1OCC(CC)CC. The van der Waals surface area contributed by atoms with Crippen molar-refractivity contribution in [3.63, 3.8) is 0 Å². The van der Waals surface area contributed by atoms with Crippen LogP contribution in [0.3, 0.4) is 0 Å². The highest BCUT2D eigenvalue weighted by atomic mass is 16.5. The van der Waals surface area contributed by atoms with Gasteiger partial charge in [-0.25, -0.2) is 0 Å². The van der Waals surface area contributed by atoms with E-state index in [-0.39, 0.29) is 6.04 Å². The molecule has 1 unspecified atom stereocenters. The summed E-state index contributed by atoms with van der Waals surface area (Å²) in [7, 11) is 0. The lowest BCUT2D eigenvalue weighted by molar-refractivity contribution is 0.223. The zero-order valence-electron chi connectivity index (χ0n) is 13.3. The maximum absolute atomic E-state index is 6.09. The Morgan fingerprint density at radius 2 is 1.80 bits per heavy atom. The average Bonchev–Trinajstić information content (AvgIpc) is 2.42. The molecule has 1 aromatic rings. The van der Waals surface area contributed by atoms with E-state index in [0.29, 0.717) is 12.5 Å². The molecular formula is C17H29NO2. The highest BCUT2D eigenvalue weighted by Gasteiger charge is 2.14. The number of rotatable bonds is 9. The second-order valence-electron chi connectivity index (χ2n) is 5.35. The van der Waals surface area contributed by atoms with Gasteiger partial charge in [0.15, 0.2) is 11.5 Å². The van der Waals surface area contributed by atoms with Crippen LogP contribution < -0.4 is 15.2 Å². The minimum atomic E-state index is 0.113. The average molecular weight is 279 g/mol. The van der Waals surface area contributed by atoms with Crippen LogP contribution in [0, 0.1) is 5.92 Å². The lowest BCUT2D eigenvalue weighted by Gasteiger charge is -2.19. The van der Waals surface area contributed by atoms with Crippen LogP contribution in [0.5, 0.6) is 11.5 Å². The third-order valence-electron chi connectivity index (χ3n) is 3.52. The molecule has 0 aromatic heterocycles. The van der Waals surface area contributed by atoms with Gasteiger partial charge in [-0.2, -0.15) is 0 Å². The molecule has 0 bridgehead atoms. The van der Waals surface area contributed by atoms with E-state index < -0.39 is 0 Å². The molecule has 0 fully saturated rings. The molecule has 0 aliphatic rings. The molecule has 2 N–H and O–H groups in total. The summed E-state index contributed by atoms with van der Waals surface area (Å²) < 4.78 is 11.8. The summed E-state index contributed by atoms with van der Waals surface area (Å²) in [5.74, 6) is 2.29. The van der Waals surface area contributed by atoms with Gasteiger partial charge >= 0.3 is 0 Å². The molecule has 20 heavy (non-hydrogen) atoms. The summed E-state index contributed by atoms with van der Waals surface area (Å²) in [5.41, 5.74) is 7.07. The second-order valence-corrected chi connectivity index (χ2v) is 5.35. The van der Waals surface area contributed by atoms with E-state index in [0.717, 1.165) is 42.9 Å². The number of hydrogen-bond acceptors (Lipinski definition) is 3. The molecule has 114 valence electrons. The van der Waals surface area contributed by atoms with Crippen LogP contribution in [0.4, 0.5) is 0 Å². The fourth-order valence-corrected chi connectivity index (χ4v) is 2.23. The Bertz CT molecular complexity index is 387. The summed E-state index contributed by atoms with van der Waals surface area (Å²) in [5, 5.41) is 0. The number of hydrogen-bond donors (Lipinski definition) is 1. The summed E-state index contributed by atoms with van der Waals surface area (Å²) in [4.78, 5) is 0. The Labute approximate surface area is 123 Å². The number of para-hydroxylation sites is 1. The highest BCUT2D eigenvalue weighted by molar-refractivity contribution is 5.47. The van der Waals surface area contributed by atoms with Crippen LogP contribution in [-0.4, -0.2) is 19.3 Å². The first kappa shape index (κ1) is 16.8. The molecular weight excluding hydrogens is 250 g/mol. The second kappa shape index (κ2) is 8.85. The normalized spacial score (nSPS) is 12.5. The monoisotopic (exact) mass is 279 g/mol. The molecule has 3 nitrogen and oxygen atoms in total. The van der Waals surface area contributed by atoms with Gasteiger partial charge in [0.1, 0.15) is 0 Å². The van der Waals surface area contributed by atoms with Gasteiger partial charge in [0.05, 0.1) is 13.2 Å². The summed E-state index contributed by atoms with van der Waals surface area (Å²) in [6.07, 6.45) is 3.07. The highest BCUT2D eigenvalue weighted by Crippen LogP contribution is 2.32. The maximum atomic E-state index is 6.09. The van der Waals surface area contributed by atoms with Crippen LogP contribution in [0.1, 0.15) is 46.1 Å². The molecule has 1 rings (SSSR count). The third-order valence-corrected chi connectivity index (χ3v) is 3.52. The van der Waals surface area contributed by atoms with Gasteiger partial charge in [-0.1, -0.05) is 38.8 Å². The van der Waals surface area contributed by atoms with Gasteiger partial charge in [0, 0.05) is 6.04 Å². The Morgan fingerprint density at radius 1 is 1.10 bits per heavy atom. The zero-order chi connectivity index (χ0) is 15.0. The molecule has 0 saturated heterocycles. The molecule has 0 aliphatic heterocycles.